The number of hydrogen-bond donors (Lipinski definition) is 2. The van der Waals surface area contributed by atoms with Gasteiger partial charge in [-0.25, -0.2) is 9.97 Å². The number of likely N-dealkylation sites (N-methyl/N-ethyl adjacent to an activating group) is 1. The smallest absolute Gasteiger partial charge is 0.238 e. The number of nitrogens with zero attached hydrogens (tertiary/aromatic N) is 4. The van der Waals surface area contributed by atoms with Crippen LogP contribution >= 0.6 is 0 Å². The fourth-order valence-corrected chi connectivity index (χ4v) is 3.81. The van der Waals surface area contributed by atoms with Crippen LogP contribution in [0.4, 0.5) is 17.3 Å². The zero-order valence-corrected chi connectivity index (χ0v) is 18.8. The zero-order chi connectivity index (χ0) is 23.2. The second-order valence-electron chi connectivity index (χ2n) is 7.97. The Kier molecular flexibility index (Phi) is 7.01. The van der Waals surface area contributed by atoms with Crippen LogP contribution in [0.5, 0.6) is 11.5 Å². The van der Waals surface area contributed by atoms with E-state index >= 15 is 0 Å². The van der Waals surface area contributed by atoms with Crippen molar-refractivity contribution < 1.29 is 19.1 Å². The molecule has 1 aromatic heterocycles. The van der Waals surface area contributed by atoms with Crippen LogP contribution in [0.1, 0.15) is 37.2 Å². The van der Waals surface area contributed by atoms with E-state index in [1.165, 1.54) is 6.33 Å². The van der Waals surface area contributed by atoms with Gasteiger partial charge in [0.25, 0.3) is 0 Å². The first-order chi connectivity index (χ1) is 16.1. The van der Waals surface area contributed by atoms with Gasteiger partial charge in [-0.05, 0) is 31.4 Å². The first-order valence-electron chi connectivity index (χ1n) is 11.1. The van der Waals surface area contributed by atoms with Crippen LogP contribution in [0.15, 0.2) is 29.5 Å². The second kappa shape index (κ2) is 10.3. The molecule has 0 spiro atoms. The molecule has 10 heteroatoms. The molecule has 0 aliphatic carbocycles. The molecule has 4 rings (SSSR count). The van der Waals surface area contributed by atoms with E-state index in [4.69, 9.17) is 9.47 Å². The van der Waals surface area contributed by atoms with Crippen LogP contribution in [0.2, 0.25) is 0 Å². The molecule has 2 amide bonds. The SMILES string of the molecule is COc1ccc2cc1OCCCCCC(=O)N(C)CCNc1ncnc3c1C(C=N2)C(=O)N3. The summed E-state index contributed by atoms with van der Waals surface area (Å²) < 4.78 is 11.3. The van der Waals surface area contributed by atoms with E-state index in [2.05, 4.69) is 25.6 Å². The molecular weight excluding hydrogens is 424 g/mol. The maximum atomic E-state index is 12.6. The summed E-state index contributed by atoms with van der Waals surface area (Å²) in [6.07, 6.45) is 6.00. The topological polar surface area (TPSA) is 118 Å². The van der Waals surface area contributed by atoms with Crippen LogP contribution in [0.25, 0.3) is 0 Å². The summed E-state index contributed by atoms with van der Waals surface area (Å²) in [5.74, 6) is 1.44. The Morgan fingerprint density at radius 3 is 2.85 bits per heavy atom. The third-order valence-corrected chi connectivity index (χ3v) is 5.70. The molecule has 2 aliphatic heterocycles. The van der Waals surface area contributed by atoms with E-state index in [9.17, 15) is 9.59 Å². The lowest BCUT2D eigenvalue weighted by Crippen LogP contribution is -2.31. The van der Waals surface area contributed by atoms with Gasteiger partial charge in [0.15, 0.2) is 11.5 Å². The third-order valence-electron chi connectivity index (χ3n) is 5.70. The highest BCUT2D eigenvalue weighted by Gasteiger charge is 2.33. The first-order valence-corrected chi connectivity index (χ1v) is 11.1. The molecule has 0 radical (unpaired) electrons. The summed E-state index contributed by atoms with van der Waals surface area (Å²) in [5, 5.41) is 6.03. The first kappa shape index (κ1) is 22.5. The zero-order valence-electron chi connectivity index (χ0n) is 18.8. The number of aromatic nitrogens is 2. The van der Waals surface area contributed by atoms with Crippen LogP contribution < -0.4 is 20.1 Å². The Labute approximate surface area is 192 Å². The molecule has 10 nitrogen and oxygen atoms in total. The summed E-state index contributed by atoms with van der Waals surface area (Å²) in [6, 6.07) is 5.38. The molecule has 33 heavy (non-hydrogen) atoms. The normalized spacial score (nSPS) is 19.3. The largest absolute Gasteiger partial charge is 0.493 e. The highest BCUT2D eigenvalue weighted by atomic mass is 16.5. The Morgan fingerprint density at radius 1 is 1.15 bits per heavy atom. The monoisotopic (exact) mass is 452 g/mol. The Hall–Kier alpha value is -3.69. The van der Waals surface area contributed by atoms with E-state index in [-0.39, 0.29) is 11.8 Å². The number of carbonyl (C=O) groups is 2. The minimum absolute atomic E-state index is 0.0970. The van der Waals surface area contributed by atoms with Crippen molar-refractivity contribution in [2.45, 2.75) is 31.6 Å². The minimum Gasteiger partial charge on any atom is -0.493 e. The number of anilines is 2. The quantitative estimate of drug-likeness (QED) is 0.683. The number of carbonyl (C=O) groups excluding carboxylic acids is 2. The molecule has 1 atom stereocenters. The predicted octanol–water partition coefficient (Wildman–Crippen LogP) is 2.75. The van der Waals surface area contributed by atoms with Gasteiger partial charge in [-0.1, -0.05) is 0 Å². The fourth-order valence-electron chi connectivity index (χ4n) is 3.81. The van der Waals surface area contributed by atoms with E-state index in [0.717, 1.165) is 19.3 Å². The van der Waals surface area contributed by atoms with Crippen molar-refractivity contribution in [3.05, 3.63) is 30.1 Å². The molecule has 0 saturated heterocycles. The van der Waals surface area contributed by atoms with Gasteiger partial charge in [0.2, 0.25) is 11.8 Å². The molecule has 1 unspecified atom stereocenters. The maximum absolute atomic E-state index is 12.6. The molecule has 2 aliphatic rings. The van der Waals surface area contributed by atoms with Gasteiger partial charge in [-0.15, -0.1) is 0 Å². The van der Waals surface area contributed by atoms with Crippen molar-refractivity contribution in [1.29, 1.82) is 0 Å². The van der Waals surface area contributed by atoms with Gasteiger partial charge in [-0.2, -0.15) is 0 Å². The van der Waals surface area contributed by atoms with Crippen LogP contribution in [0.3, 0.4) is 0 Å². The highest BCUT2D eigenvalue weighted by molar-refractivity contribution is 6.13. The van der Waals surface area contributed by atoms with Crippen LogP contribution in [-0.4, -0.2) is 66.8 Å². The van der Waals surface area contributed by atoms with Crippen molar-refractivity contribution in [2.75, 3.05) is 44.5 Å². The van der Waals surface area contributed by atoms with Gasteiger partial charge >= 0.3 is 0 Å². The average molecular weight is 453 g/mol. The number of methoxy groups -OCH3 is 1. The number of nitrogens with one attached hydrogen (secondary N) is 2. The summed E-state index contributed by atoms with van der Waals surface area (Å²) in [5.41, 5.74) is 1.28. The molecule has 3 heterocycles. The molecule has 1 aromatic carbocycles. The van der Waals surface area contributed by atoms with Gasteiger partial charge in [0.05, 0.1) is 25.0 Å². The molecule has 2 bridgehead atoms. The standard InChI is InChI=1S/C23H28N6O4/c1-29-10-9-24-21-20-16(23(31)28-22(20)27-14-26-21)13-25-15-7-8-17(32-2)18(12-15)33-11-5-3-4-6-19(29)30/h7-8,12-14,16H,3-6,9-11H2,1-2H3,(H2,24,26,27,28,31). The lowest BCUT2D eigenvalue weighted by molar-refractivity contribution is -0.129. The molecular formula is C23H28N6O4. The lowest BCUT2D eigenvalue weighted by atomic mass is 10.0. The summed E-state index contributed by atoms with van der Waals surface area (Å²) in [4.78, 5) is 39.8. The Balaban J connectivity index is 1.64. The van der Waals surface area contributed by atoms with Crippen molar-refractivity contribution in [1.82, 2.24) is 14.9 Å². The summed E-state index contributed by atoms with van der Waals surface area (Å²) in [7, 11) is 3.38. The van der Waals surface area contributed by atoms with E-state index in [0.29, 0.717) is 60.5 Å². The Morgan fingerprint density at radius 2 is 2.00 bits per heavy atom. The number of aliphatic imine (C=N–C) groups is 1. The summed E-state index contributed by atoms with van der Waals surface area (Å²) >= 11 is 0. The highest BCUT2D eigenvalue weighted by Crippen LogP contribution is 2.36. The van der Waals surface area contributed by atoms with Crippen molar-refractivity contribution in [2.24, 2.45) is 4.99 Å². The van der Waals surface area contributed by atoms with E-state index in [1.807, 2.05) is 0 Å². The number of rotatable bonds is 1. The number of hydrogen-bond acceptors (Lipinski definition) is 8. The maximum Gasteiger partial charge on any atom is 0.238 e. The molecule has 2 aromatic rings. The van der Waals surface area contributed by atoms with E-state index < -0.39 is 5.92 Å². The average Bonchev–Trinajstić information content (AvgIpc) is 3.14. The summed E-state index contributed by atoms with van der Waals surface area (Å²) in [6.45, 7) is 1.53. The number of ether oxygens (including phenoxy) is 2. The van der Waals surface area contributed by atoms with Gasteiger partial charge in [-0.3, -0.25) is 14.6 Å². The fraction of sp³-hybridized carbons (Fsp3) is 0.435. The lowest BCUT2D eigenvalue weighted by Gasteiger charge is -2.18. The number of amides is 2. The Bertz CT molecular complexity index is 1060. The molecule has 174 valence electrons. The number of benzene rings is 1. The molecule has 0 saturated carbocycles. The molecule has 2 N–H and O–H groups in total. The second-order valence-corrected chi connectivity index (χ2v) is 7.97. The van der Waals surface area contributed by atoms with Crippen molar-refractivity contribution in [3.8, 4) is 11.5 Å². The van der Waals surface area contributed by atoms with Gasteiger partial charge in [0.1, 0.15) is 23.9 Å². The van der Waals surface area contributed by atoms with Gasteiger partial charge < -0.3 is 25.0 Å². The minimum atomic E-state index is -0.642. The van der Waals surface area contributed by atoms with Crippen LogP contribution in [0, 0.1) is 0 Å². The van der Waals surface area contributed by atoms with Crippen molar-refractivity contribution >= 4 is 35.4 Å². The number of fused-ring (bicyclic) bond motifs is 2. The van der Waals surface area contributed by atoms with E-state index in [1.54, 1.807) is 43.5 Å². The van der Waals surface area contributed by atoms with Gasteiger partial charge in [0, 0.05) is 38.8 Å². The van der Waals surface area contributed by atoms with Crippen molar-refractivity contribution in [3.63, 3.8) is 0 Å². The van der Waals surface area contributed by atoms with Crippen LogP contribution in [-0.2, 0) is 9.59 Å². The molecule has 0 fully saturated rings. The predicted molar refractivity (Wildman–Crippen MR) is 125 cm³/mol. The third kappa shape index (κ3) is 5.21.